The number of methoxy groups -OCH3 is 2. The van der Waals surface area contributed by atoms with Crippen LogP contribution < -0.4 is 26.2 Å². The van der Waals surface area contributed by atoms with Gasteiger partial charge in [0, 0.05) is 39.3 Å². The van der Waals surface area contributed by atoms with E-state index in [0.717, 1.165) is 42.7 Å². The summed E-state index contributed by atoms with van der Waals surface area (Å²) in [6.07, 6.45) is 3.02. The number of anilines is 2. The van der Waals surface area contributed by atoms with Crippen LogP contribution >= 0.6 is 0 Å². The van der Waals surface area contributed by atoms with Crippen molar-refractivity contribution in [3.63, 3.8) is 0 Å². The molecular weight excluding hydrogens is 630 g/mol. The first kappa shape index (κ1) is 34.1. The van der Waals surface area contributed by atoms with Gasteiger partial charge in [0.1, 0.15) is 6.04 Å². The molecule has 1 aromatic heterocycles. The third kappa shape index (κ3) is 7.64. The summed E-state index contributed by atoms with van der Waals surface area (Å²) in [4.78, 5) is 54.9. The monoisotopic (exact) mass is 666 g/mol. The topological polar surface area (TPSA) is 154 Å². The van der Waals surface area contributed by atoms with E-state index in [2.05, 4.69) is 26.2 Å². The first-order valence-corrected chi connectivity index (χ1v) is 15.3. The molecule has 1 saturated heterocycles. The number of halogens is 2. The second kappa shape index (κ2) is 15.5. The lowest BCUT2D eigenvalue weighted by atomic mass is 9.93. The number of carbonyl (C=O) groups excluding carboxylic acids is 4. The number of hydrogen-bond donors (Lipinski definition) is 4. The van der Waals surface area contributed by atoms with Crippen LogP contribution in [-0.4, -0.2) is 81.9 Å². The number of para-hydroxylation sites is 2. The van der Waals surface area contributed by atoms with Gasteiger partial charge in [0.2, 0.25) is 0 Å². The molecule has 3 aromatic rings. The van der Waals surface area contributed by atoms with Crippen LogP contribution in [0.4, 0.5) is 29.7 Å². The van der Waals surface area contributed by atoms with Gasteiger partial charge < -0.3 is 40.1 Å². The fraction of sp³-hybridized carbons (Fsp3) is 0.333. The second-order valence-electron chi connectivity index (χ2n) is 11.1. The highest BCUT2D eigenvalue weighted by atomic mass is 19.2. The summed E-state index contributed by atoms with van der Waals surface area (Å²) in [5, 5.41) is 11.5. The van der Waals surface area contributed by atoms with E-state index < -0.39 is 35.7 Å². The number of furan rings is 1. The Bertz CT molecular complexity index is 1670. The number of benzene rings is 2. The third-order valence-electron chi connectivity index (χ3n) is 8.07. The number of nitrogens with one attached hydrogen (secondary N) is 4. The Hall–Kier alpha value is -5.28. The van der Waals surface area contributed by atoms with Gasteiger partial charge in [0.05, 0.1) is 42.6 Å². The molecule has 2 aliphatic heterocycles. The van der Waals surface area contributed by atoms with Gasteiger partial charge >= 0.3 is 18.0 Å². The number of amides is 5. The lowest BCUT2D eigenvalue weighted by molar-refractivity contribution is -0.137. The van der Waals surface area contributed by atoms with E-state index in [-0.39, 0.29) is 47.7 Å². The quantitative estimate of drug-likeness (QED) is 0.176. The molecule has 3 heterocycles. The van der Waals surface area contributed by atoms with Crippen molar-refractivity contribution in [2.24, 2.45) is 0 Å². The zero-order valence-corrected chi connectivity index (χ0v) is 26.4. The van der Waals surface area contributed by atoms with Crippen LogP contribution in [0.5, 0.6) is 0 Å². The van der Waals surface area contributed by atoms with Gasteiger partial charge in [-0.1, -0.05) is 18.2 Å². The van der Waals surface area contributed by atoms with E-state index in [4.69, 9.17) is 13.9 Å². The predicted molar refractivity (Wildman–Crippen MR) is 170 cm³/mol. The molecule has 1 unspecified atom stereocenters. The van der Waals surface area contributed by atoms with Crippen molar-refractivity contribution in [2.75, 3.05) is 57.2 Å². The van der Waals surface area contributed by atoms with Crippen molar-refractivity contribution >= 4 is 35.3 Å². The van der Waals surface area contributed by atoms with Crippen LogP contribution in [0.3, 0.4) is 0 Å². The lowest BCUT2D eigenvalue weighted by Crippen LogP contribution is -2.56. The number of urea groups is 2. The highest BCUT2D eigenvalue weighted by Gasteiger charge is 2.43. The molecule has 5 amide bonds. The molecule has 1 atom stereocenters. The fourth-order valence-corrected chi connectivity index (χ4v) is 5.78. The van der Waals surface area contributed by atoms with E-state index in [0.29, 0.717) is 25.3 Å². The number of rotatable bonds is 11. The minimum atomic E-state index is -1.42. The molecule has 4 N–H and O–H groups in total. The zero-order valence-electron chi connectivity index (χ0n) is 26.4. The Balaban J connectivity index is 1.19. The normalized spacial score (nSPS) is 16.8. The summed E-state index contributed by atoms with van der Waals surface area (Å²) in [6.45, 7) is 1.71. The van der Waals surface area contributed by atoms with Crippen LogP contribution in [0.15, 0.2) is 76.5 Å². The fourth-order valence-electron chi connectivity index (χ4n) is 5.78. The van der Waals surface area contributed by atoms with E-state index in [1.54, 1.807) is 12.1 Å². The third-order valence-corrected chi connectivity index (χ3v) is 8.07. The van der Waals surface area contributed by atoms with E-state index >= 15 is 0 Å². The van der Waals surface area contributed by atoms with Crippen LogP contribution in [-0.2, 0) is 14.3 Å². The van der Waals surface area contributed by atoms with Gasteiger partial charge in [0.25, 0.3) is 5.91 Å². The van der Waals surface area contributed by atoms with Gasteiger partial charge in [-0.3, -0.25) is 4.79 Å². The van der Waals surface area contributed by atoms with Crippen LogP contribution in [0, 0.1) is 11.6 Å². The Morgan fingerprint density at radius 1 is 1.00 bits per heavy atom. The van der Waals surface area contributed by atoms with Crippen molar-refractivity contribution in [3.8, 4) is 0 Å². The zero-order chi connectivity index (χ0) is 34.2. The number of nitrogens with zero attached hydrogens (tertiary/aromatic N) is 2. The van der Waals surface area contributed by atoms with Crippen molar-refractivity contribution in [1.82, 2.24) is 20.9 Å². The predicted octanol–water partition coefficient (Wildman–Crippen LogP) is 3.92. The Kier molecular flexibility index (Phi) is 11.0. The number of ether oxygens (including phenoxy) is 2. The molecule has 1 fully saturated rings. The number of carbonyl (C=O) groups is 4. The second-order valence-corrected chi connectivity index (χ2v) is 11.1. The Morgan fingerprint density at radius 3 is 2.46 bits per heavy atom. The molecule has 0 bridgehead atoms. The SMILES string of the molecule is COCC1=C(C(=O)OC)C(c2ccc(F)c(F)c2)N(C(=O)NCCNC2CCN(c3ccccc3NC(=O)c3ccco3)CC2)C(=O)N1. The first-order chi connectivity index (χ1) is 23.2. The van der Waals surface area contributed by atoms with Gasteiger partial charge in [-0.15, -0.1) is 0 Å². The first-order valence-electron chi connectivity index (χ1n) is 15.3. The molecule has 0 spiro atoms. The molecule has 2 aliphatic rings. The van der Waals surface area contributed by atoms with Gasteiger partial charge in [0.15, 0.2) is 17.4 Å². The molecule has 254 valence electrons. The maximum absolute atomic E-state index is 14.3. The molecule has 0 aliphatic carbocycles. The minimum Gasteiger partial charge on any atom is -0.466 e. The summed E-state index contributed by atoms with van der Waals surface area (Å²) in [5.41, 5.74) is 1.43. The maximum Gasteiger partial charge on any atom is 0.338 e. The summed E-state index contributed by atoms with van der Waals surface area (Å²) < 4.78 is 43.3. The summed E-state index contributed by atoms with van der Waals surface area (Å²) >= 11 is 0. The number of esters is 1. The van der Waals surface area contributed by atoms with Gasteiger partial charge in [-0.25, -0.2) is 28.1 Å². The van der Waals surface area contributed by atoms with E-state index in [1.165, 1.54) is 19.4 Å². The van der Waals surface area contributed by atoms with Crippen LogP contribution in [0.1, 0.15) is 35.0 Å². The summed E-state index contributed by atoms with van der Waals surface area (Å²) in [6, 6.07) is 10.6. The van der Waals surface area contributed by atoms with Crippen molar-refractivity contribution in [3.05, 3.63) is 95.1 Å². The maximum atomic E-state index is 14.3. The van der Waals surface area contributed by atoms with Gasteiger partial charge in [-0.05, 0) is 54.8 Å². The molecule has 5 rings (SSSR count). The average Bonchev–Trinajstić information content (AvgIpc) is 3.64. The molecule has 15 heteroatoms. The summed E-state index contributed by atoms with van der Waals surface area (Å²) in [5.74, 6) is -3.35. The highest BCUT2D eigenvalue weighted by molar-refractivity contribution is 6.04. The average molecular weight is 667 g/mol. The lowest BCUT2D eigenvalue weighted by Gasteiger charge is -2.37. The molecule has 13 nitrogen and oxygen atoms in total. The van der Waals surface area contributed by atoms with Crippen LogP contribution in [0.2, 0.25) is 0 Å². The number of hydrogen-bond acceptors (Lipinski definition) is 9. The molecule has 2 aromatic carbocycles. The minimum absolute atomic E-state index is 0.0140. The van der Waals surface area contributed by atoms with Crippen molar-refractivity contribution in [2.45, 2.75) is 24.9 Å². The highest BCUT2D eigenvalue weighted by Crippen LogP contribution is 2.35. The molecule has 0 saturated carbocycles. The molecular formula is C33H36F2N6O7. The van der Waals surface area contributed by atoms with Crippen molar-refractivity contribution < 1.29 is 41.8 Å². The van der Waals surface area contributed by atoms with Crippen molar-refractivity contribution in [1.29, 1.82) is 0 Å². The Labute approximate surface area is 275 Å². The largest absolute Gasteiger partial charge is 0.466 e. The number of imide groups is 1. The smallest absolute Gasteiger partial charge is 0.338 e. The van der Waals surface area contributed by atoms with E-state index in [1.807, 2.05) is 24.3 Å². The Morgan fingerprint density at radius 2 is 1.77 bits per heavy atom. The molecule has 48 heavy (non-hydrogen) atoms. The summed E-state index contributed by atoms with van der Waals surface area (Å²) in [7, 11) is 2.47. The van der Waals surface area contributed by atoms with Crippen LogP contribution in [0.25, 0.3) is 0 Å². The van der Waals surface area contributed by atoms with E-state index in [9.17, 15) is 28.0 Å². The number of piperidine rings is 1. The van der Waals surface area contributed by atoms with Gasteiger partial charge in [-0.2, -0.15) is 0 Å². The standard InChI is InChI=1S/C33H36F2N6O7/c1-46-19-25-28(31(43)47-2)29(20-9-10-22(34)23(35)18-20)41(33(45)39-25)32(44)37-14-13-36-21-11-15-40(16-12-21)26-7-4-3-6-24(26)38-30(42)27-8-5-17-48-27/h3-10,17-18,21,29,36H,11-16,19H2,1-2H3,(H,37,44)(H,38,42)(H,39,45). The molecule has 0 radical (unpaired) electrons.